The van der Waals surface area contributed by atoms with Gasteiger partial charge in [0.2, 0.25) is 10.0 Å². The van der Waals surface area contributed by atoms with Gasteiger partial charge in [-0.25, -0.2) is 8.42 Å². The SMILES string of the molecule is COc1ccc(S(=O)(=O)N2CCN(C(=S)NC3CC3)CC2)cc1OC. The molecule has 0 radical (unpaired) electrons. The van der Waals surface area contributed by atoms with Crippen LogP contribution in [0.5, 0.6) is 11.5 Å². The summed E-state index contributed by atoms with van der Waals surface area (Å²) in [5.41, 5.74) is 0. The second-order valence-electron chi connectivity index (χ2n) is 6.13. The zero-order valence-corrected chi connectivity index (χ0v) is 16.0. The fourth-order valence-electron chi connectivity index (χ4n) is 2.75. The molecule has 1 aromatic rings. The van der Waals surface area contributed by atoms with E-state index in [0.717, 1.165) is 18.0 Å². The minimum Gasteiger partial charge on any atom is -0.493 e. The van der Waals surface area contributed by atoms with Gasteiger partial charge in [0.15, 0.2) is 16.6 Å². The van der Waals surface area contributed by atoms with E-state index < -0.39 is 10.0 Å². The maximum Gasteiger partial charge on any atom is 0.243 e. The number of benzene rings is 1. The molecule has 1 saturated heterocycles. The van der Waals surface area contributed by atoms with Crippen molar-refractivity contribution in [3.05, 3.63) is 18.2 Å². The Morgan fingerprint density at radius 1 is 1.12 bits per heavy atom. The van der Waals surface area contributed by atoms with Gasteiger partial charge in [-0.05, 0) is 37.2 Å². The Hall–Kier alpha value is -1.58. The van der Waals surface area contributed by atoms with Crippen LogP contribution in [0.4, 0.5) is 0 Å². The molecule has 2 fully saturated rings. The Morgan fingerprint density at radius 3 is 2.32 bits per heavy atom. The van der Waals surface area contributed by atoms with Gasteiger partial charge in [0.05, 0.1) is 19.1 Å². The Bertz CT molecular complexity index is 742. The lowest BCUT2D eigenvalue weighted by atomic mass is 10.3. The highest BCUT2D eigenvalue weighted by Crippen LogP contribution is 2.31. The van der Waals surface area contributed by atoms with E-state index in [1.807, 2.05) is 4.90 Å². The summed E-state index contributed by atoms with van der Waals surface area (Å²) >= 11 is 5.39. The molecular weight excluding hydrogens is 362 g/mol. The van der Waals surface area contributed by atoms with Crippen LogP contribution in [0.3, 0.4) is 0 Å². The molecule has 0 unspecified atom stereocenters. The first-order chi connectivity index (χ1) is 12.0. The summed E-state index contributed by atoms with van der Waals surface area (Å²) in [7, 11) is -0.567. The molecule has 0 atom stereocenters. The predicted molar refractivity (Wildman–Crippen MR) is 98.6 cm³/mol. The standard InChI is InChI=1S/C16H23N3O4S2/c1-22-14-6-5-13(11-15(14)23-2)25(20,21)19-9-7-18(8-10-19)16(24)17-12-3-4-12/h5-6,11-12H,3-4,7-10H2,1-2H3,(H,17,24). The molecule has 1 saturated carbocycles. The Labute approximate surface area is 153 Å². The van der Waals surface area contributed by atoms with Crippen LogP contribution in [0.25, 0.3) is 0 Å². The monoisotopic (exact) mass is 385 g/mol. The van der Waals surface area contributed by atoms with E-state index in [9.17, 15) is 8.42 Å². The minimum atomic E-state index is -3.57. The molecule has 25 heavy (non-hydrogen) atoms. The molecule has 0 bridgehead atoms. The number of methoxy groups -OCH3 is 2. The van der Waals surface area contributed by atoms with Crippen LogP contribution in [-0.2, 0) is 10.0 Å². The molecule has 1 N–H and O–H groups in total. The number of nitrogens with one attached hydrogen (secondary N) is 1. The number of piperazine rings is 1. The van der Waals surface area contributed by atoms with Crippen molar-refractivity contribution in [2.45, 2.75) is 23.8 Å². The van der Waals surface area contributed by atoms with E-state index in [1.54, 1.807) is 12.1 Å². The summed E-state index contributed by atoms with van der Waals surface area (Å²) in [6, 6.07) is 5.15. The zero-order valence-electron chi connectivity index (χ0n) is 14.4. The molecule has 3 rings (SSSR count). The largest absolute Gasteiger partial charge is 0.493 e. The zero-order chi connectivity index (χ0) is 18.0. The molecule has 9 heteroatoms. The number of ether oxygens (including phenoxy) is 2. The van der Waals surface area contributed by atoms with Crippen molar-refractivity contribution in [1.82, 2.24) is 14.5 Å². The van der Waals surface area contributed by atoms with Crippen molar-refractivity contribution < 1.29 is 17.9 Å². The maximum atomic E-state index is 12.9. The number of hydrogen-bond acceptors (Lipinski definition) is 5. The summed E-state index contributed by atoms with van der Waals surface area (Å²) in [6.07, 6.45) is 2.32. The second kappa shape index (κ2) is 7.35. The van der Waals surface area contributed by atoms with Gasteiger partial charge in [-0.1, -0.05) is 0 Å². The van der Waals surface area contributed by atoms with E-state index in [4.69, 9.17) is 21.7 Å². The van der Waals surface area contributed by atoms with E-state index >= 15 is 0 Å². The van der Waals surface area contributed by atoms with Crippen molar-refractivity contribution in [3.8, 4) is 11.5 Å². The minimum absolute atomic E-state index is 0.206. The van der Waals surface area contributed by atoms with Crippen molar-refractivity contribution in [3.63, 3.8) is 0 Å². The summed E-state index contributed by atoms with van der Waals surface area (Å²) < 4.78 is 37.6. The molecule has 1 heterocycles. The third-order valence-electron chi connectivity index (χ3n) is 4.42. The molecule has 7 nitrogen and oxygen atoms in total. The maximum absolute atomic E-state index is 12.9. The van der Waals surface area contributed by atoms with Gasteiger partial charge >= 0.3 is 0 Å². The van der Waals surface area contributed by atoms with Crippen molar-refractivity contribution in [2.24, 2.45) is 0 Å². The predicted octanol–water partition coefficient (Wildman–Crippen LogP) is 1.05. The first-order valence-corrected chi connectivity index (χ1v) is 10.1. The van der Waals surface area contributed by atoms with Gasteiger partial charge in [0.1, 0.15) is 0 Å². The van der Waals surface area contributed by atoms with Crippen LogP contribution >= 0.6 is 12.2 Å². The molecule has 138 valence electrons. The Kier molecular flexibility index (Phi) is 5.35. The summed E-state index contributed by atoms with van der Waals surface area (Å²) in [5.74, 6) is 0.903. The Morgan fingerprint density at radius 2 is 1.76 bits per heavy atom. The van der Waals surface area contributed by atoms with E-state index in [-0.39, 0.29) is 4.90 Å². The highest BCUT2D eigenvalue weighted by atomic mass is 32.2. The molecular formula is C16H23N3O4S2. The number of rotatable bonds is 5. The quantitative estimate of drug-likeness (QED) is 0.760. The van der Waals surface area contributed by atoms with E-state index in [1.165, 1.54) is 24.6 Å². The van der Waals surface area contributed by atoms with Crippen LogP contribution in [0.15, 0.2) is 23.1 Å². The van der Waals surface area contributed by atoms with Gasteiger partial charge < -0.3 is 19.7 Å². The van der Waals surface area contributed by atoms with Crippen LogP contribution in [0, 0.1) is 0 Å². The number of nitrogens with zero attached hydrogens (tertiary/aromatic N) is 2. The molecule has 1 aromatic carbocycles. The number of sulfonamides is 1. The van der Waals surface area contributed by atoms with Crippen LogP contribution in [-0.4, -0.2) is 69.2 Å². The van der Waals surface area contributed by atoms with E-state index in [0.29, 0.717) is 43.7 Å². The van der Waals surface area contributed by atoms with Gasteiger partial charge in [-0.2, -0.15) is 4.31 Å². The van der Waals surface area contributed by atoms with Gasteiger partial charge in [-0.15, -0.1) is 0 Å². The average Bonchev–Trinajstić information content (AvgIpc) is 3.45. The third kappa shape index (κ3) is 3.99. The smallest absolute Gasteiger partial charge is 0.243 e. The molecule has 0 amide bonds. The van der Waals surface area contributed by atoms with Crippen LogP contribution < -0.4 is 14.8 Å². The fraction of sp³-hybridized carbons (Fsp3) is 0.562. The molecule has 0 spiro atoms. The van der Waals surface area contributed by atoms with Crippen LogP contribution in [0.2, 0.25) is 0 Å². The highest BCUT2D eigenvalue weighted by Gasteiger charge is 2.31. The number of thiocarbonyl (C=S) groups is 1. The van der Waals surface area contributed by atoms with Crippen molar-refractivity contribution >= 4 is 27.4 Å². The summed E-state index contributed by atoms with van der Waals surface area (Å²) in [4.78, 5) is 2.24. The first-order valence-electron chi connectivity index (χ1n) is 8.23. The van der Waals surface area contributed by atoms with Crippen molar-refractivity contribution in [1.29, 1.82) is 0 Å². The lowest BCUT2D eigenvalue weighted by Crippen LogP contribution is -2.53. The topological polar surface area (TPSA) is 71.1 Å². The Balaban J connectivity index is 1.68. The van der Waals surface area contributed by atoms with E-state index in [2.05, 4.69) is 5.32 Å². The van der Waals surface area contributed by atoms with Crippen molar-refractivity contribution in [2.75, 3.05) is 40.4 Å². The van der Waals surface area contributed by atoms with Crippen LogP contribution in [0.1, 0.15) is 12.8 Å². The number of hydrogen-bond donors (Lipinski definition) is 1. The fourth-order valence-corrected chi connectivity index (χ4v) is 4.54. The summed E-state index contributed by atoms with van der Waals surface area (Å²) in [5, 5.41) is 4.02. The first kappa shape index (κ1) is 18.2. The molecule has 2 aliphatic rings. The normalized spacial score (nSPS) is 18.7. The average molecular weight is 386 g/mol. The molecule has 1 aliphatic heterocycles. The third-order valence-corrected chi connectivity index (χ3v) is 6.69. The summed E-state index contributed by atoms with van der Waals surface area (Å²) in [6.45, 7) is 1.99. The van der Waals surface area contributed by atoms with Gasteiger partial charge in [0, 0.05) is 38.3 Å². The molecule has 1 aliphatic carbocycles. The lowest BCUT2D eigenvalue weighted by Gasteiger charge is -2.35. The van der Waals surface area contributed by atoms with Gasteiger partial charge in [0.25, 0.3) is 0 Å². The van der Waals surface area contributed by atoms with Gasteiger partial charge in [-0.3, -0.25) is 0 Å². The molecule has 0 aromatic heterocycles. The lowest BCUT2D eigenvalue weighted by molar-refractivity contribution is 0.263. The highest BCUT2D eigenvalue weighted by molar-refractivity contribution is 7.89. The second-order valence-corrected chi connectivity index (χ2v) is 8.46.